The SMILES string of the molecule is NCc1ccc2nc(-c3cccc(F)c3F)[nH]c2c1. The summed E-state index contributed by atoms with van der Waals surface area (Å²) >= 11 is 0. The van der Waals surface area contributed by atoms with E-state index >= 15 is 0 Å². The third-order valence-electron chi connectivity index (χ3n) is 2.99. The fourth-order valence-corrected chi connectivity index (χ4v) is 2.00. The number of nitrogens with two attached hydrogens (primary N) is 1. The maximum Gasteiger partial charge on any atom is 0.169 e. The van der Waals surface area contributed by atoms with Gasteiger partial charge in [0.05, 0.1) is 16.6 Å². The molecule has 2 aromatic carbocycles. The molecule has 3 N–H and O–H groups in total. The molecule has 3 aromatic rings. The number of rotatable bonds is 2. The van der Waals surface area contributed by atoms with E-state index in [1.54, 1.807) is 6.07 Å². The zero-order chi connectivity index (χ0) is 13.4. The molecule has 3 rings (SSSR count). The summed E-state index contributed by atoms with van der Waals surface area (Å²) in [4.78, 5) is 7.24. The molecule has 1 aromatic heterocycles. The summed E-state index contributed by atoms with van der Waals surface area (Å²) in [6.07, 6.45) is 0. The van der Waals surface area contributed by atoms with E-state index in [0.717, 1.165) is 17.1 Å². The van der Waals surface area contributed by atoms with Crippen LogP contribution in [0.25, 0.3) is 22.4 Å². The third kappa shape index (κ3) is 1.98. The van der Waals surface area contributed by atoms with Crippen LogP contribution in [0.5, 0.6) is 0 Å². The summed E-state index contributed by atoms with van der Waals surface area (Å²) in [7, 11) is 0. The second-order valence-electron chi connectivity index (χ2n) is 4.24. The molecule has 0 amide bonds. The van der Waals surface area contributed by atoms with Gasteiger partial charge in [-0.3, -0.25) is 0 Å². The molecule has 96 valence electrons. The van der Waals surface area contributed by atoms with E-state index in [4.69, 9.17) is 5.73 Å². The average Bonchev–Trinajstić information content (AvgIpc) is 2.84. The number of benzene rings is 2. The van der Waals surface area contributed by atoms with Crippen molar-refractivity contribution >= 4 is 11.0 Å². The van der Waals surface area contributed by atoms with Gasteiger partial charge < -0.3 is 10.7 Å². The Labute approximate surface area is 108 Å². The molecule has 0 bridgehead atoms. The number of nitrogens with zero attached hydrogens (tertiary/aromatic N) is 1. The monoisotopic (exact) mass is 259 g/mol. The predicted octanol–water partition coefficient (Wildman–Crippen LogP) is 2.97. The summed E-state index contributed by atoms with van der Waals surface area (Å²) in [5.41, 5.74) is 8.06. The molecule has 1 heterocycles. The number of hydrogen-bond acceptors (Lipinski definition) is 2. The van der Waals surface area contributed by atoms with E-state index in [9.17, 15) is 8.78 Å². The Kier molecular flexibility index (Phi) is 2.76. The summed E-state index contributed by atoms with van der Waals surface area (Å²) in [5.74, 6) is -1.48. The molecule has 0 aliphatic carbocycles. The molecule has 0 saturated heterocycles. The van der Waals surface area contributed by atoms with Gasteiger partial charge in [0.15, 0.2) is 11.6 Å². The minimum Gasteiger partial charge on any atom is -0.338 e. The second-order valence-corrected chi connectivity index (χ2v) is 4.24. The van der Waals surface area contributed by atoms with E-state index in [2.05, 4.69) is 9.97 Å². The minimum atomic E-state index is -0.902. The normalized spacial score (nSPS) is 11.1. The molecule has 0 aliphatic heterocycles. The van der Waals surface area contributed by atoms with E-state index in [1.807, 2.05) is 12.1 Å². The van der Waals surface area contributed by atoms with Crippen LogP contribution in [0.4, 0.5) is 8.78 Å². The van der Waals surface area contributed by atoms with Crippen molar-refractivity contribution in [1.29, 1.82) is 0 Å². The molecule has 0 aliphatic rings. The van der Waals surface area contributed by atoms with Gasteiger partial charge in [0.2, 0.25) is 0 Å². The largest absolute Gasteiger partial charge is 0.338 e. The van der Waals surface area contributed by atoms with Crippen LogP contribution in [0.1, 0.15) is 5.56 Å². The highest BCUT2D eigenvalue weighted by Gasteiger charge is 2.13. The lowest BCUT2D eigenvalue weighted by molar-refractivity contribution is 0.510. The number of H-pyrrole nitrogens is 1. The van der Waals surface area contributed by atoms with Crippen LogP contribution in [0.3, 0.4) is 0 Å². The molecule has 0 radical (unpaired) electrons. The van der Waals surface area contributed by atoms with Crippen molar-refractivity contribution < 1.29 is 8.78 Å². The highest BCUT2D eigenvalue weighted by molar-refractivity contribution is 5.80. The summed E-state index contributed by atoms with van der Waals surface area (Å²) < 4.78 is 26.9. The lowest BCUT2D eigenvalue weighted by Crippen LogP contribution is -1.95. The van der Waals surface area contributed by atoms with Crippen LogP contribution in [0.15, 0.2) is 36.4 Å². The highest BCUT2D eigenvalue weighted by Crippen LogP contribution is 2.24. The van der Waals surface area contributed by atoms with Crippen LogP contribution >= 0.6 is 0 Å². The zero-order valence-electron chi connectivity index (χ0n) is 9.95. The van der Waals surface area contributed by atoms with Gasteiger partial charge in [0.25, 0.3) is 0 Å². The van der Waals surface area contributed by atoms with Crippen LogP contribution in [-0.4, -0.2) is 9.97 Å². The van der Waals surface area contributed by atoms with Crippen LogP contribution in [0, 0.1) is 11.6 Å². The van der Waals surface area contributed by atoms with Gasteiger partial charge in [-0.2, -0.15) is 0 Å². The maximum absolute atomic E-state index is 13.7. The molecule has 0 atom stereocenters. The molecule has 19 heavy (non-hydrogen) atoms. The summed E-state index contributed by atoms with van der Waals surface area (Å²) in [5, 5.41) is 0. The van der Waals surface area contributed by atoms with E-state index in [1.165, 1.54) is 12.1 Å². The highest BCUT2D eigenvalue weighted by atomic mass is 19.2. The van der Waals surface area contributed by atoms with Crippen molar-refractivity contribution in [2.24, 2.45) is 5.73 Å². The van der Waals surface area contributed by atoms with Gasteiger partial charge in [-0.1, -0.05) is 12.1 Å². The van der Waals surface area contributed by atoms with E-state index in [0.29, 0.717) is 17.9 Å². The van der Waals surface area contributed by atoms with Gasteiger partial charge in [-0.05, 0) is 29.8 Å². The second kappa shape index (κ2) is 4.44. The van der Waals surface area contributed by atoms with Gasteiger partial charge >= 0.3 is 0 Å². The number of aromatic amines is 1. The van der Waals surface area contributed by atoms with E-state index in [-0.39, 0.29) is 5.56 Å². The lowest BCUT2D eigenvalue weighted by Gasteiger charge is -1.99. The predicted molar refractivity (Wildman–Crippen MR) is 69.3 cm³/mol. The molecular weight excluding hydrogens is 248 g/mol. The first-order valence-corrected chi connectivity index (χ1v) is 5.82. The van der Waals surface area contributed by atoms with Crippen molar-refractivity contribution in [1.82, 2.24) is 9.97 Å². The Hall–Kier alpha value is -2.27. The standard InChI is InChI=1S/C14H11F2N3/c15-10-3-1-2-9(13(10)16)14-18-11-5-4-8(7-17)6-12(11)19-14/h1-6H,7,17H2,(H,18,19). The first-order valence-electron chi connectivity index (χ1n) is 5.82. The third-order valence-corrected chi connectivity index (χ3v) is 2.99. The van der Waals surface area contributed by atoms with Crippen LogP contribution < -0.4 is 5.73 Å². The van der Waals surface area contributed by atoms with Crippen molar-refractivity contribution in [3.05, 3.63) is 53.6 Å². The van der Waals surface area contributed by atoms with Crippen molar-refractivity contribution in [2.45, 2.75) is 6.54 Å². The van der Waals surface area contributed by atoms with Crippen molar-refractivity contribution in [3.63, 3.8) is 0 Å². The topological polar surface area (TPSA) is 54.7 Å². The number of imidazole rings is 1. The number of halogens is 2. The fraction of sp³-hybridized carbons (Fsp3) is 0.0714. The first-order chi connectivity index (χ1) is 9.19. The fourth-order valence-electron chi connectivity index (χ4n) is 2.00. The van der Waals surface area contributed by atoms with Crippen LogP contribution in [0.2, 0.25) is 0 Å². The Morgan fingerprint density at radius 1 is 1.16 bits per heavy atom. The number of hydrogen-bond donors (Lipinski definition) is 2. The number of nitrogens with one attached hydrogen (secondary N) is 1. The molecule has 0 fully saturated rings. The lowest BCUT2D eigenvalue weighted by atomic mass is 10.2. The van der Waals surface area contributed by atoms with Gasteiger partial charge in [0, 0.05) is 6.54 Å². The summed E-state index contributed by atoms with van der Waals surface area (Å²) in [6.45, 7) is 0.415. The minimum absolute atomic E-state index is 0.116. The number of aromatic nitrogens is 2. The molecule has 3 nitrogen and oxygen atoms in total. The molecule has 0 spiro atoms. The molecule has 0 unspecified atom stereocenters. The van der Waals surface area contributed by atoms with Crippen LogP contribution in [-0.2, 0) is 6.54 Å². The Morgan fingerprint density at radius 2 is 2.00 bits per heavy atom. The molecule has 0 saturated carbocycles. The van der Waals surface area contributed by atoms with Gasteiger partial charge in [-0.25, -0.2) is 13.8 Å². The molecule has 5 heteroatoms. The Balaban J connectivity index is 2.18. The quantitative estimate of drug-likeness (QED) is 0.743. The Morgan fingerprint density at radius 3 is 2.79 bits per heavy atom. The van der Waals surface area contributed by atoms with Gasteiger partial charge in [-0.15, -0.1) is 0 Å². The van der Waals surface area contributed by atoms with Crippen molar-refractivity contribution in [2.75, 3.05) is 0 Å². The van der Waals surface area contributed by atoms with Gasteiger partial charge in [0.1, 0.15) is 5.82 Å². The van der Waals surface area contributed by atoms with E-state index < -0.39 is 11.6 Å². The zero-order valence-corrected chi connectivity index (χ0v) is 9.95. The Bertz CT molecular complexity index is 750. The van der Waals surface area contributed by atoms with Crippen molar-refractivity contribution in [3.8, 4) is 11.4 Å². The first kappa shape index (κ1) is 11.8. The average molecular weight is 259 g/mol. The summed E-state index contributed by atoms with van der Waals surface area (Å²) in [6, 6.07) is 9.52. The molecular formula is C14H11F2N3. The number of fused-ring (bicyclic) bond motifs is 1. The maximum atomic E-state index is 13.7. The smallest absolute Gasteiger partial charge is 0.169 e.